The lowest BCUT2D eigenvalue weighted by molar-refractivity contribution is -0.144. The fourth-order valence-corrected chi connectivity index (χ4v) is 2.35. The van der Waals surface area contributed by atoms with E-state index in [1.165, 1.54) is 12.8 Å². The molecular formula is C12H22O3. The van der Waals surface area contributed by atoms with Crippen LogP contribution in [-0.2, 0) is 9.53 Å². The minimum atomic E-state index is -0.644. The van der Waals surface area contributed by atoms with Gasteiger partial charge in [0, 0.05) is 6.61 Å². The Hall–Kier alpha value is -0.570. The van der Waals surface area contributed by atoms with Crippen molar-refractivity contribution in [2.45, 2.75) is 52.1 Å². The predicted octanol–water partition coefficient (Wildman–Crippen LogP) is 2.69. The van der Waals surface area contributed by atoms with Gasteiger partial charge in [0.25, 0.3) is 0 Å². The number of ether oxygens (including phenoxy) is 1. The standard InChI is InChI=1S/C12H22O3/c1-9(2)15-8-7-11(12(13)14)10-5-3-4-6-10/h9-11H,3-8H2,1-2H3,(H,13,14). The summed E-state index contributed by atoms with van der Waals surface area (Å²) in [5, 5.41) is 9.14. The molecule has 1 atom stereocenters. The Bertz CT molecular complexity index is 195. The molecule has 0 radical (unpaired) electrons. The molecule has 88 valence electrons. The molecule has 1 unspecified atom stereocenters. The molecule has 0 bridgehead atoms. The second-order valence-electron chi connectivity index (χ2n) is 4.70. The van der Waals surface area contributed by atoms with E-state index in [2.05, 4.69) is 0 Å². The van der Waals surface area contributed by atoms with Crippen molar-refractivity contribution < 1.29 is 14.6 Å². The van der Waals surface area contributed by atoms with E-state index in [-0.39, 0.29) is 12.0 Å². The Morgan fingerprint density at radius 3 is 2.47 bits per heavy atom. The Kier molecular flexibility index (Phi) is 5.09. The quantitative estimate of drug-likeness (QED) is 0.739. The van der Waals surface area contributed by atoms with Crippen molar-refractivity contribution in [2.24, 2.45) is 11.8 Å². The van der Waals surface area contributed by atoms with Crippen LogP contribution in [-0.4, -0.2) is 23.8 Å². The van der Waals surface area contributed by atoms with Crippen LogP contribution in [0.1, 0.15) is 46.0 Å². The van der Waals surface area contributed by atoms with Crippen LogP contribution in [0.5, 0.6) is 0 Å². The summed E-state index contributed by atoms with van der Waals surface area (Å²) in [6.45, 7) is 4.53. The molecule has 0 saturated heterocycles. The zero-order chi connectivity index (χ0) is 11.3. The molecule has 1 aliphatic rings. The Balaban J connectivity index is 2.33. The van der Waals surface area contributed by atoms with Gasteiger partial charge in [0.15, 0.2) is 0 Å². The third-order valence-corrected chi connectivity index (χ3v) is 3.17. The van der Waals surface area contributed by atoms with Gasteiger partial charge >= 0.3 is 5.97 Å². The number of carboxylic acid groups (broad SMARTS) is 1. The van der Waals surface area contributed by atoms with E-state index >= 15 is 0 Å². The zero-order valence-electron chi connectivity index (χ0n) is 9.74. The molecule has 0 aliphatic heterocycles. The second kappa shape index (κ2) is 6.11. The second-order valence-corrected chi connectivity index (χ2v) is 4.70. The number of carboxylic acids is 1. The molecular weight excluding hydrogens is 192 g/mol. The highest BCUT2D eigenvalue weighted by atomic mass is 16.5. The van der Waals surface area contributed by atoms with Crippen LogP contribution in [0.15, 0.2) is 0 Å². The normalized spacial score (nSPS) is 19.7. The zero-order valence-corrected chi connectivity index (χ0v) is 9.74. The molecule has 0 heterocycles. The molecule has 0 aromatic heterocycles. The predicted molar refractivity (Wildman–Crippen MR) is 58.8 cm³/mol. The first-order chi connectivity index (χ1) is 7.11. The summed E-state index contributed by atoms with van der Waals surface area (Å²) in [4.78, 5) is 11.1. The minimum Gasteiger partial charge on any atom is -0.481 e. The maximum Gasteiger partial charge on any atom is 0.306 e. The maximum atomic E-state index is 11.1. The number of aliphatic carboxylic acids is 1. The highest BCUT2D eigenvalue weighted by molar-refractivity contribution is 5.70. The molecule has 3 heteroatoms. The van der Waals surface area contributed by atoms with Gasteiger partial charge in [-0.2, -0.15) is 0 Å². The topological polar surface area (TPSA) is 46.5 Å². The lowest BCUT2D eigenvalue weighted by atomic mass is 9.88. The lowest BCUT2D eigenvalue weighted by Crippen LogP contribution is -2.24. The van der Waals surface area contributed by atoms with Crippen molar-refractivity contribution >= 4 is 5.97 Å². The van der Waals surface area contributed by atoms with Gasteiger partial charge in [-0.3, -0.25) is 4.79 Å². The van der Waals surface area contributed by atoms with Crippen LogP contribution in [0.4, 0.5) is 0 Å². The van der Waals surface area contributed by atoms with Crippen LogP contribution >= 0.6 is 0 Å². The third kappa shape index (κ3) is 4.20. The number of carbonyl (C=O) groups is 1. The minimum absolute atomic E-state index is 0.189. The molecule has 0 spiro atoms. The van der Waals surface area contributed by atoms with Gasteiger partial charge in [-0.15, -0.1) is 0 Å². The monoisotopic (exact) mass is 214 g/mol. The number of rotatable bonds is 6. The molecule has 0 aromatic rings. The van der Waals surface area contributed by atoms with Gasteiger partial charge in [0.2, 0.25) is 0 Å². The average molecular weight is 214 g/mol. The summed E-state index contributed by atoms with van der Waals surface area (Å²) in [5.41, 5.74) is 0. The van der Waals surface area contributed by atoms with Gasteiger partial charge < -0.3 is 9.84 Å². The van der Waals surface area contributed by atoms with Gasteiger partial charge in [-0.1, -0.05) is 12.8 Å². The van der Waals surface area contributed by atoms with E-state index in [0.29, 0.717) is 18.9 Å². The third-order valence-electron chi connectivity index (χ3n) is 3.17. The summed E-state index contributed by atoms with van der Waals surface area (Å²) in [6, 6.07) is 0. The van der Waals surface area contributed by atoms with Crippen molar-refractivity contribution in [3.05, 3.63) is 0 Å². The first-order valence-corrected chi connectivity index (χ1v) is 5.95. The Labute approximate surface area is 91.8 Å². The average Bonchev–Trinajstić information content (AvgIpc) is 2.63. The molecule has 0 amide bonds. The van der Waals surface area contributed by atoms with Gasteiger partial charge in [-0.25, -0.2) is 0 Å². The summed E-state index contributed by atoms with van der Waals surface area (Å²) < 4.78 is 5.42. The highest BCUT2D eigenvalue weighted by Crippen LogP contribution is 2.33. The Morgan fingerprint density at radius 1 is 1.40 bits per heavy atom. The van der Waals surface area contributed by atoms with Crippen LogP contribution < -0.4 is 0 Å². The van der Waals surface area contributed by atoms with Crippen molar-refractivity contribution in [3.63, 3.8) is 0 Å². The van der Waals surface area contributed by atoms with E-state index in [0.717, 1.165) is 12.8 Å². The summed E-state index contributed by atoms with van der Waals surface area (Å²) >= 11 is 0. The van der Waals surface area contributed by atoms with Crippen molar-refractivity contribution in [2.75, 3.05) is 6.61 Å². The molecule has 15 heavy (non-hydrogen) atoms. The van der Waals surface area contributed by atoms with E-state index in [9.17, 15) is 4.79 Å². The van der Waals surface area contributed by atoms with Crippen LogP contribution in [0.25, 0.3) is 0 Å². The van der Waals surface area contributed by atoms with E-state index in [4.69, 9.17) is 9.84 Å². The van der Waals surface area contributed by atoms with Gasteiger partial charge in [0.05, 0.1) is 12.0 Å². The Morgan fingerprint density at radius 2 is 2.00 bits per heavy atom. The number of hydrogen-bond acceptors (Lipinski definition) is 2. The highest BCUT2D eigenvalue weighted by Gasteiger charge is 2.30. The molecule has 3 nitrogen and oxygen atoms in total. The molecule has 0 aromatic carbocycles. The molecule has 1 aliphatic carbocycles. The van der Waals surface area contributed by atoms with Crippen LogP contribution in [0.3, 0.4) is 0 Å². The van der Waals surface area contributed by atoms with E-state index < -0.39 is 5.97 Å². The molecule has 1 saturated carbocycles. The van der Waals surface area contributed by atoms with Crippen molar-refractivity contribution in [1.82, 2.24) is 0 Å². The van der Waals surface area contributed by atoms with Crippen molar-refractivity contribution in [3.8, 4) is 0 Å². The van der Waals surface area contributed by atoms with Crippen LogP contribution in [0, 0.1) is 11.8 Å². The largest absolute Gasteiger partial charge is 0.481 e. The molecule has 1 rings (SSSR count). The lowest BCUT2D eigenvalue weighted by Gasteiger charge is -2.19. The SMILES string of the molecule is CC(C)OCCC(C(=O)O)C1CCCC1. The first kappa shape index (κ1) is 12.5. The van der Waals surface area contributed by atoms with Gasteiger partial charge in [0.1, 0.15) is 0 Å². The van der Waals surface area contributed by atoms with Crippen LogP contribution in [0.2, 0.25) is 0 Å². The fourth-order valence-electron chi connectivity index (χ4n) is 2.35. The summed E-state index contributed by atoms with van der Waals surface area (Å²) in [5.74, 6) is -0.446. The smallest absolute Gasteiger partial charge is 0.306 e. The fraction of sp³-hybridized carbons (Fsp3) is 0.917. The van der Waals surface area contributed by atoms with E-state index in [1.54, 1.807) is 0 Å². The molecule has 1 fully saturated rings. The van der Waals surface area contributed by atoms with Crippen molar-refractivity contribution in [1.29, 1.82) is 0 Å². The maximum absolute atomic E-state index is 11.1. The molecule has 1 N–H and O–H groups in total. The number of hydrogen-bond donors (Lipinski definition) is 1. The van der Waals surface area contributed by atoms with Gasteiger partial charge in [-0.05, 0) is 39.0 Å². The van der Waals surface area contributed by atoms with E-state index in [1.807, 2.05) is 13.8 Å². The summed E-state index contributed by atoms with van der Waals surface area (Å²) in [6.07, 6.45) is 5.41. The summed E-state index contributed by atoms with van der Waals surface area (Å²) in [7, 11) is 0. The first-order valence-electron chi connectivity index (χ1n) is 5.95.